The second-order valence-corrected chi connectivity index (χ2v) is 2.23. The van der Waals surface area contributed by atoms with Crippen molar-refractivity contribution >= 4 is 44.7 Å². The number of alkyl halides is 3. The summed E-state index contributed by atoms with van der Waals surface area (Å²) in [4.78, 5) is 0. The molecular weight excluding hydrogens is 149 g/mol. The fraction of sp³-hybridized carbons (Fsp3) is 1.00. The van der Waals surface area contributed by atoms with Gasteiger partial charge in [-0.05, 0) is 0 Å². The van der Waals surface area contributed by atoms with Gasteiger partial charge in [0.15, 0.2) is 4.30 Å². The number of rotatable bonds is 0. The lowest BCUT2D eigenvalue weighted by molar-refractivity contribution is 1.96. The van der Waals surface area contributed by atoms with Gasteiger partial charge < -0.3 is 0 Å². The van der Waals surface area contributed by atoms with Gasteiger partial charge in [-0.1, -0.05) is 34.8 Å². The highest BCUT2D eigenvalue weighted by atomic mass is 35.6. The summed E-state index contributed by atoms with van der Waals surface area (Å²) < 4.78 is -0.750. The SMILES string of the molecule is ClC(Cl)Cl.P. The Balaban J connectivity index is 0. The van der Waals surface area contributed by atoms with Crippen LogP contribution in [0.15, 0.2) is 0 Å². The van der Waals surface area contributed by atoms with E-state index >= 15 is 0 Å². The minimum Gasteiger partial charge on any atom is -0.153 e. The topological polar surface area (TPSA) is 0 Å². The summed E-state index contributed by atoms with van der Waals surface area (Å²) in [6.07, 6.45) is 0. The van der Waals surface area contributed by atoms with Crippen molar-refractivity contribution in [2.24, 2.45) is 0 Å². The van der Waals surface area contributed by atoms with Crippen LogP contribution in [0.4, 0.5) is 0 Å². The number of hydrogen-bond acceptors (Lipinski definition) is 0. The highest BCUT2D eigenvalue weighted by Crippen LogP contribution is 2.03. The van der Waals surface area contributed by atoms with Crippen LogP contribution in [0.5, 0.6) is 0 Å². The van der Waals surface area contributed by atoms with Gasteiger partial charge in [0.05, 0.1) is 0 Å². The molecule has 0 rings (SSSR count). The Morgan fingerprint density at radius 2 is 1.00 bits per heavy atom. The molecule has 0 aromatic carbocycles. The van der Waals surface area contributed by atoms with Crippen LogP contribution in [0, 0.1) is 0 Å². The first kappa shape index (κ1) is 9.57. The van der Waals surface area contributed by atoms with Crippen LogP contribution in [0.3, 0.4) is 0 Å². The maximum absolute atomic E-state index is 4.81. The maximum Gasteiger partial charge on any atom is 0.180 e. The van der Waals surface area contributed by atoms with Crippen molar-refractivity contribution in [3.8, 4) is 0 Å². The third-order valence-electron chi connectivity index (χ3n) is 0. The van der Waals surface area contributed by atoms with E-state index in [-0.39, 0.29) is 9.90 Å². The van der Waals surface area contributed by atoms with E-state index in [1.165, 1.54) is 0 Å². The van der Waals surface area contributed by atoms with E-state index < -0.39 is 4.30 Å². The Hall–Kier alpha value is 1.30. The molecule has 0 aromatic rings. The molecule has 5 heavy (non-hydrogen) atoms. The Morgan fingerprint density at radius 1 is 1.00 bits per heavy atom. The maximum atomic E-state index is 4.81. The van der Waals surface area contributed by atoms with E-state index in [0.29, 0.717) is 0 Å². The number of hydrogen-bond donors (Lipinski definition) is 0. The highest BCUT2D eigenvalue weighted by molar-refractivity contribution is 6.92. The second kappa shape index (κ2) is 5.30. The van der Waals surface area contributed by atoms with E-state index in [1.807, 2.05) is 0 Å². The molecule has 0 heterocycles. The van der Waals surface area contributed by atoms with E-state index in [0.717, 1.165) is 0 Å². The lowest BCUT2D eigenvalue weighted by Gasteiger charge is -1.69. The summed E-state index contributed by atoms with van der Waals surface area (Å²) in [5, 5.41) is 0. The summed E-state index contributed by atoms with van der Waals surface area (Å²) in [5.41, 5.74) is 0. The molecule has 0 saturated carbocycles. The molecule has 0 fully saturated rings. The first-order valence-corrected chi connectivity index (χ1v) is 1.96. The summed E-state index contributed by atoms with van der Waals surface area (Å²) in [5.74, 6) is 0. The lowest BCUT2D eigenvalue weighted by atomic mass is 11.9. The first-order chi connectivity index (χ1) is 1.73. The van der Waals surface area contributed by atoms with E-state index in [1.54, 1.807) is 0 Å². The highest BCUT2D eigenvalue weighted by Gasteiger charge is 1.78. The molecule has 0 saturated heterocycles. The third-order valence-corrected chi connectivity index (χ3v) is 0. The molecule has 1 atom stereocenters. The van der Waals surface area contributed by atoms with Crippen molar-refractivity contribution < 1.29 is 0 Å². The predicted octanol–water partition coefficient (Wildman–Crippen LogP) is 2.04. The van der Waals surface area contributed by atoms with E-state index in [2.05, 4.69) is 0 Å². The average molecular weight is 153 g/mol. The fourth-order valence-corrected chi connectivity index (χ4v) is 0. The summed E-state index contributed by atoms with van der Waals surface area (Å²) in [6.45, 7) is 0. The van der Waals surface area contributed by atoms with Crippen LogP contribution in [0.25, 0.3) is 0 Å². The minimum atomic E-state index is -0.750. The van der Waals surface area contributed by atoms with Gasteiger partial charge in [0.2, 0.25) is 0 Å². The van der Waals surface area contributed by atoms with Crippen molar-refractivity contribution in [3.05, 3.63) is 0 Å². The average Bonchev–Trinajstić information content (AvgIpc) is 0.811. The molecule has 4 heteroatoms. The third kappa shape index (κ3) is 34.2. The van der Waals surface area contributed by atoms with Gasteiger partial charge in [-0.15, -0.1) is 0 Å². The molecule has 0 bridgehead atoms. The zero-order valence-corrected chi connectivity index (χ0v) is 6.10. The number of halogens is 3. The fourth-order valence-electron chi connectivity index (χ4n) is 0. The van der Waals surface area contributed by atoms with Crippen LogP contribution in [-0.2, 0) is 0 Å². The van der Waals surface area contributed by atoms with Gasteiger partial charge in [0.1, 0.15) is 0 Å². The lowest BCUT2D eigenvalue weighted by Crippen LogP contribution is -1.55. The van der Waals surface area contributed by atoms with Gasteiger partial charge in [0, 0.05) is 0 Å². The Kier molecular flexibility index (Phi) is 10.1. The molecule has 0 aliphatic rings. The van der Waals surface area contributed by atoms with Crippen LogP contribution >= 0.6 is 44.7 Å². The van der Waals surface area contributed by atoms with Crippen molar-refractivity contribution in [3.63, 3.8) is 0 Å². The molecule has 0 spiro atoms. The minimum absolute atomic E-state index is 0. The zero-order valence-electron chi connectivity index (χ0n) is 2.42. The van der Waals surface area contributed by atoms with Crippen LogP contribution in [-0.4, -0.2) is 4.30 Å². The van der Waals surface area contributed by atoms with Crippen LogP contribution < -0.4 is 0 Å². The molecule has 0 aliphatic carbocycles. The molecule has 0 N–H and O–H groups in total. The van der Waals surface area contributed by atoms with E-state index in [4.69, 9.17) is 34.8 Å². The second-order valence-electron chi connectivity index (χ2n) is 0.247. The first-order valence-electron chi connectivity index (χ1n) is 0.655. The Labute approximate surface area is 49.4 Å². The van der Waals surface area contributed by atoms with Gasteiger partial charge in [-0.25, -0.2) is 0 Å². The summed E-state index contributed by atoms with van der Waals surface area (Å²) >= 11 is 14.4. The molecule has 0 aromatic heterocycles. The smallest absolute Gasteiger partial charge is 0.153 e. The Morgan fingerprint density at radius 3 is 1.00 bits per heavy atom. The van der Waals surface area contributed by atoms with Crippen molar-refractivity contribution in [1.82, 2.24) is 0 Å². The standard InChI is InChI=1S/CHCl3.H3P/c2-1(3)4;/h1H;1H3. The molecule has 0 nitrogen and oxygen atoms in total. The van der Waals surface area contributed by atoms with Gasteiger partial charge in [-0.3, -0.25) is 0 Å². The zero-order chi connectivity index (χ0) is 3.58. The normalized spacial score (nSPS) is 7.20. The van der Waals surface area contributed by atoms with Crippen molar-refractivity contribution in [2.75, 3.05) is 0 Å². The molecule has 0 radical (unpaired) electrons. The van der Waals surface area contributed by atoms with Crippen LogP contribution in [0.2, 0.25) is 0 Å². The van der Waals surface area contributed by atoms with Gasteiger partial charge >= 0.3 is 0 Å². The van der Waals surface area contributed by atoms with E-state index in [9.17, 15) is 0 Å². The quantitative estimate of drug-likeness (QED) is 0.369. The van der Waals surface area contributed by atoms with Gasteiger partial charge in [0.25, 0.3) is 0 Å². The summed E-state index contributed by atoms with van der Waals surface area (Å²) in [6, 6.07) is 0. The van der Waals surface area contributed by atoms with Crippen molar-refractivity contribution in [1.29, 1.82) is 0 Å². The molecular formula is CH4Cl3P. The largest absolute Gasteiger partial charge is 0.180 e. The van der Waals surface area contributed by atoms with Crippen LogP contribution in [0.1, 0.15) is 0 Å². The molecule has 34 valence electrons. The van der Waals surface area contributed by atoms with Gasteiger partial charge in [-0.2, -0.15) is 9.90 Å². The molecule has 1 unspecified atom stereocenters. The predicted molar refractivity (Wildman–Crippen MR) is 32.5 cm³/mol. The molecule has 0 amide bonds. The summed E-state index contributed by atoms with van der Waals surface area (Å²) in [7, 11) is 0. The molecule has 0 aliphatic heterocycles. The monoisotopic (exact) mass is 152 g/mol. The van der Waals surface area contributed by atoms with Crippen molar-refractivity contribution in [2.45, 2.75) is 4.30 Å². The Bertz CT molecular complexity index is 11.6.